The summed E-state index contributed by atoms with van der Waals surface area (Å²) < 4.78 is 5.54. The first-order chi connectivity index (χ1) is 8.72. The summed E-state index contributed by atoms with van der Waals surface area (Å²) in [6.45, 7) is 1.44. The van der Waals surface area contributed by atoms with E-state index in [4.69, 9.17) is 4.74 Å². The monoisotopic (exact) mass is 249 g/mol. The molecule has 1 aromatic rings. The van der Waals surface area contributed by atoms with Gasteiger partial charge in [0, 0.05) is 45.3 Å². The highest BCUT2D eigenvalue weighted by molar-refractivity contribution is 5.99. The number of carbonyl (C=O) groups excluding carboxylic acids is 1. The molecule has 1 saturated heterocycles. The molecule has 0 bridgehead atoms. The Labute approximate surface area is 107 Å². The van der Waals surface area contributed by atoms with E-state index >= 15 is 0 Å². The molecule has 0 spiro atoms. The van der Waals surface area contributed by atoms with E-state index in [0.29, 0.717) is 12.1 Å². The Hall–Kier alpha value is -1.62. The second kappa shape index (κ2) is 5.82. The maximum Gasteiger partial charge on any atom is 0.257 e. The van der Waals surface area contributed by atoms with E-state index in [1.165, 1.54) is 0 Å². The molecule has 1 aliphatic heterocycles. The number of carbonyl (C=O) groups is 1. The van der Waals surface area contributed by atoms with Gasteiger partial charge in [0.05, 0.1) is 11.7 Å². The number of amides is 1. The number of likely N-dealkylation sites (N-methyl/N-ethyl adjacent to an activating group) is 1. The summed E-state index contributed by atoms with van der Waals surface area (Å²) in [6.07, 6.45) is 5.56. The minimum atomic E-state index is -0.0250. The maximum atomic E-state index is 12.3. The largest absolute Gasteiger partial charge is 0.387 e. The van der Waals surface area contributed by atoms with E-state index in [-0.39, 0.29) is 12.0 Å². The van der Waals surface area contributed by atoms with Crippen molar-refractivity contribution < 1.29 is 9.53 Å². The zero-order chi connectivity index (χ0) is 13.0. The van der Waals surface area contributed by atoms with Gasteiger partial charge in [-0.15, -0.1) is 0 Å². The Morgan fingerprint density at radius 1 is 1.67 bits per heavy atom. The van der Waals surface area contributed by atoms with Gasteiger partial charge in [0.2, 0.25) is 0 Å². The Kier molecular flexibility index (Phi) is 4.15. The van der Waals surface area contributed by atoms with E-state index in [0.717, 1.165) is 25.1 Å². The third kappa shape index (κ3) is 2.79. The number of aromatic nitrogens is 1. The molecule has 1 atom stereocenters. The molecule has 0 aliphatic carbocycles. The molecule has 1 aromatic heterocycles. The quantitative estimate of drug-likeness (QED) is 0.875. The Bertz CT molecular complexity index is 416. The molecule has 18 heavy (non-hydrogen) atoms. The Morgan fingerprint density at radius 3 is 3.17 bits per heavy atom. The van der Waals surface area contributed by atoms with E-state index in [2.05, 4.69) is 10.3 Å². The lowest BCUT2D eigenvalue weighted by molar-refractivity contribution is 0.0587. The molecule has 5 nitrogen and oxygen atoms in total. The number of anilines is 1. The summed E-state index contributed by atoms with van der Waals surface area (Å²) in [5.74, 6) is -0.0250. The van der Waals surface area contributed by atoms with Crippen LogP contribution in [0.1, 0.15) is 23.2 Å². The molecule has 1 N–H and O–H groups in total. The molecule has 1 amide bonds. The minimum absolute atomic E-state index is 0.0250. The van der Waals surface area contributed by atoms with Crippen LogP contribution in [0.3, 0.4) is 0 Å². The first kappa shape index (κ1) is 12.8. The van der Waals surface area contributed by atoms with Gasteiger partial charge in [0.1, 0.15) is 0 Å². The predicted molar refractivity (Wildman–Crippen MR) is 69.7 cm³/mol. The molecule has 2 rings (SSSR count). The number of rotatable bonds is 4. The molecule has 98 valence electrons. The van der Waals surface area contributed by atoms with Gasteiger partial charge in [-0.3, -0.25) is 9.78 Å². The van der Waals surface area contributed by atoms with Gasteiger partial charge in [-0.1, -0.05) is 0 Å². The number of ether oxygens (including phenoxy) is 1. The predicted octanol–water partition coefficient (Wildman–Crippen LogP) is 1.37. The molecule has 1 aliphatic rings. The van der Waals surface area contributed by atoms with Crippen molar-refractivity contribution in [2.75, 3.05) is 32.6 Å². The number of hydrogen-bond acceptors (Lipinski definition) is 4. The van der Waals surface area contributed by atoms with Gasteiger partial charge in [-0.05, 0) is 18.9 Å². The van der Waals surface area contributed by atoms with Crippen LogP contribution in [0, 0.1) is 0 Å². The highest BCUT2D eigenvalue weighted by atomic mass is 16.5. The SMILES string of the molecule is CNc1ccncc1C(=O)N(C)CC1CCCO1. The number of hydrogen-bond donors (Lipinski definition) is 1. The average Bonchev–Trinajstić information content (AvgIpc) is 2.90. The molecule has 0 aromatic carbocycles. The third-order valence-electron chi connectivity index (χ3n) is 3.17. The van der Waals surface area contributed by atoms with Gasteiger partial charge in [-0.2, -0.15) is 0 Å². The summed E-state index contributed by atoms with van der Waals surface area (Å²) in [6, 6.07) is 1.80. The van der Waals surface area contributed by atoms with Crippen LogP contribution in [-0.4, -0.2) is 49.1 Å². The average molecular weight is 249 g/mol. The highest BCUT2D eigenvalue weighted by Gasteiger charge is 2.22. The molecule has 2 heterocycles. The lowest BCUT2D eigenvalue weighted by atomic mass is 10.2. The zero-order valence-electron chi connectivity index (χ0n) is 10.8. The number of pyridine rings is 1. The van der Waals surface area contributed by atoms with Crippen molar-refractivity contribution in [3.05, 3.63) is 24.0 Å². The molecule has 5 heteroatoms. The first-order valence-corrected chi connectivity index (χ1v) is 6.21. The molecule has 1 fully saturated rings. The van der Waals surface area contributed by atoms with Crippen LogP contribution in [0.4, 0.5) is 5.69 Å². The van der Waals surface area contributed by atoms with Crippen LogP contribution < -0.4 is 5.32 Å². The van der Waals surface area contributed by atoms with Gasteiger partial charge in [0.25, 0.3) is 5.91 Å². The van der Waals surface area contributed by atoms with Crippen molar-refractivity contribution in [2.24, 2.45) is 0 Å². The fourth-order valence-corrected chi connectivity index (χ4v) is 2.17. The van der Waals surface area contributed by atoms with Crippen molar-refractivity contribution in [1.29, 1.82) is 0 Å². The molecule has 0 saturated carbocycles. The number of nitrogens with zero attached hydrogens (tertiary/aromatic N) is 2. The summed E-state index contributed by atoms with van der Waals surface area (Å²) in [7, 11) is 3.60. The summed E-state index contributed by atoms with van der Waals surface area (Å²) in [5, 5.41) is 3.01. The molecule has 0 radical (unpaired) electrons. The van der Waals surface area contributed by atoms with E-state index < -0.39 is 0 Å². The van der Waals surface area contributed by atoms with E-state index in [1.54, 1.807) is 37.5 Å². The maximum absolute atomic E-state index is 12.3. The Balaban J connectivity index is 2.05. The normalized spacial score (nSPS) is 18.7. The van der Waals surface area contributed by atoms with Crippen LogP contribution in [0.5, 0.6) is 0 Å². The first-order valence-electron chi connectivity index (χ1n) is 6.21. The van der Waals surface area contributed by atoms with Crippen LogP contribution in [0.2, 0.25) is 0 Å². The smallest absolute Gasteiger partial charge is 0.257 e. The van der Waals surface area contributed by atoms with Crippen LogP contribution in [-0.2, 0) is 4.74 Å². The van der Waals surface area contributed by atoms with Gasteiger partial charge in [-0.25, -0.2) is 0 Å². The van der Waals surface area contributed by atoms with E-state index in [9.17, 15) is 4.79 Å². The number of nitrogens with one attached hydrogen (secondary N) is 1. The zero-order valence-corrected chi connectivity index (χ0v) is 10.8. The fraction of sp³-hybridized carbons (Fsp3) is 0.538. The standard InChI is InChI=1S/C13H19N3O2/c1-14-12-5-6-15-8-11(12)13(17)16(2)9-10-4-3-7-18-10/h5-6,8,10H,3-4,7,9H2,1-2H3,(H,14,15). The second-order valence-corrected chi connectivity index (χ2v) is 4.49. The van der Waals surface area contributed by atoms with Crippen LogP contribution in [0.25, 0.3) is 0 Å². The van der Waals surface area contributed by atoms with Gasteiger partial charge >= 0.3 is 0 Å². The lowest BCUT2D eigenvalue weighted by Crippen LogP contribution is -2.34. The Morgan fingerprint density at radius 2 is 2.50 bits per heavy atom. The topological polar surface area (TPSA) is 54.5 Å². The summed E-state index contributed by atoms with van der Waals surface area (Å²) in [4.78, 5) is 18.0. The molecular formula is C13H19N3O2. The third-order valence-corrected chi connectivity index (χ3v) is 3.17. The minimum Gasteiger partial charge on any atom is -0.387 e. The van der Waals surface area contributed by atoms with Crippen LogP contribution in [0.15, 0.2) is 18.5 Å². The van der Waals surface area contributed by atoms with E-state index in [1.807, 2.05) is 0 Å². The molecular weight excluding hydrogens is 230 g/mol. The van der Waals surface area contributed by atoms with Crippen molar-refractivity contribution in [2.45, 2.75) is 18.9 Å². The van der Waals surface area contributed by atoms with Crippen molar-refractivity contribution in [3.8, 4) is 0 Å². The summed E-state index contributed by atoms with van der Waals surface area (Å²) in [5.41, 5.74) is 1.40. The van der Waals surface area contributed by atoms with Crippen LogP contribution >= 0.6 is 0 Å². The van der Waals surface area contributed by atoms with Crippen molar-refractivity contribution >= 4 is 11.6 Å². The van der Waals surface area contributed by atoms with Gasteiger partial charge in [0.15, 0.2) is 0 Å². The van der Waals surface area contributed by atoms with Crippen molar-refractivity contribution in [1.82, 2.24) is 9.88 Å². The lowest BCUT2D eigenvalue weighted by Gasteiger charge is -2.21. The highest BCUT2D eigenvalue weighted by Crippen LogP contribution is 2.17. The summed E-state index contributed by atoms with van der Waals surface area (Å²) >= 11 is 0. The molecule has 1 unspecified atom stereocenters. The van der Waals surface area contributed by atoms with Crippen molar-refractivity contribution in [3.63, 3.8) is 0 Å². The van der Waals surface area contributed by atoms with Gasteiger partial charge < -0.3 is 15.0 Å². The second-order valence-electron chi connectivity index (χ2n) is 4.49. The fourth-order valence-electron chi connectivity index (χ4n) is 2.17.